The summed E-state index contributed by atoms with van der Waals surface area (Å²) in [4.78, 5) is 2.33. The summed E-state index contributed by atoms with van der Waals surface area (Å²) in [6, 6.07) is 10.6. The zero-order chi connectivity index (χ0) is 12.7. The molecule has 3 rings (SSSR count). The molecule has 1 aromatic carbocycles. The van der Waals surface area contributed by atoms with Crippen LogP contribution in [0.1, 0.15) is 11.5 Å². The van der Waals surface area contributed by atoms with Crippen molar-refractivity contribution in [2.24, 2.45) is 7.05 Å². The van der Waals surface area contributed by atoms with Crippen LogP contribution >= 0.6 is 0 Å². The monoisotopic (exact) mass is 242 g/mol. The molecule has 0 amide bonds. The molecule has 1 saturated heterocycles. The summed E-state index contributed by atoms with van der Waals surface area (Å²) in [6.07, 6.45) is 0. The van der Waals surface area contributed by atoms with Crippen molar-refractivity contribution >= 4 is 5.82 Å². The van der Waals surface area contributed by atoms with Gasteiger partial charge < -0.3 is 10.6 Å². The summed E-state index contributed by atoms with van der Waals surface area (Å²) in [5, 5.41) is 4.38. The van der Waals surface area contributed by atoms with Crippen molar-refractivity contribution in [3.8, 4) is 11.3 Å². The molecular weight excluding hydrogens is 224 g/mol. The average molecular weight is 242 g/mol. The molecule has 0 bridgehead atoms. The first-order valence-electron chi connectivity index (χ1n) is 6.22. The molecule has 2 aromatic rings. The van der Waals surface area contributed by atoms with Gasteiger partial charge in [-0.2, -0.15) is 5.10 Å². The number of nitrogen functional groups attached to an aromatic ring is 1. The number of aryl methyl sites for hydroxylation is 1. The van der Waals surface area contributed by atoms with E-state index < -0.39 is 0 Å². The third-order valence-electron chi connectivity index (χ3n) is 3.66. The van der Waals surface area contributed by atoms with Gasteiger partial charge in [-0.05, 0) is 12.6 Å². The number of likely N-dealkylation sites (N-methyl/N-ethyl adjacent to an activating group) is 1. The largest absolute Gasteiger partial charge is 0.384 e. The first-order valence-corrected chi connectivity index (χ1v) is 6.22. The summed E-state index contributed by atoms with van der Waals surface area (Å²) in [7, 11) is 4.01. The molecule has 18 heavy (non-hydrogen) atoms. The molecule has 2 heterocycles. The second-order valence-corrected chi connectivity index (χ2v) is 5.12. The van der Waals surface area contributed by atoms with Crippen LogP contribution in [-0.2, 0) is 7.05 Å². The molecule has 1 aliphatic heterocycles. The van der Waals surface area contributed by atoms with Gasteiger partial charge in [0, 0.05) is 37.7 Å². The lowest BCUT2D eigenvalue weighted by Gasteiger charge is -2.36. The topological polar surface area (TPSA) is 47.1 Å². The molecule has 0 atom stereocenters. The van der Waals surface area contributed by atoms with E-state index in [0.717, 1.165) is 24.3 Å². The van der Waals surface area contributed by atoms with Gasteiger partial charge in [-0.15, -0.1) is 0 Å². The van der Waals surface area contributed by atoms with Crippen molar-refractivity contribution in [3.05, 3.63) is 35.9 Å². The Kier molecular flexibility index (Phi) is 2.59. The summed E-state index contributed by atoms with van der Waals surface area (Å²) in [5.41, 5.74) is 9.28. The van der Waals surface area contributed by atoms with Crippen LogP contribution in [0.25, 0.3) is 11.3 Å². The Morgan fingerprint density at radius 2 is 1.83 bits per heavy atom. The third-order valence-corrected chi connectivity index (χ3v) is 3.66. The summed E-state index contributed by atoms with van der Waals surface area (Å²) < 4.78 is 1.70. The fourth-order valence-electron chi connectivity index (χ4n) is 2.46. The Morgan fingerprint density at radius 3 is 2.33 bits per heavy atom. The van der Waals surface area contributed by atoms with Crippen LogP contribution in [-0.4, -0.2) is 34.8 Å². The van der Waals surface area contributed by atoms with E-state index in [0.29, 0.717) is 11.7 Å². The van der Waals surface area contributed by atoms with Crippen molar-refractivity contribution in [3.63, 3.8) is 0 Å². The van der Waals surface area contributed by atoms with Crippen LogP contribution in [0.4, 0.5) is 5.82 Å². The highest BCUT2D eigenvalue weighted by Crippen LogP contribution is 2.28. The molecule has 0 spiro atoms. The number of rotatable bonds is 2. The number of benzene rings is 1. The van der Waals surface area contributed by atoms with Gasteiger partial charge in [-0.3, -0.25) is 4.68 Å². The molecule has 1 aromatic heterocycles. The number of anilines is 1. The molecule has 2 N–H and O–H groups in total. The van der Waals surface area contributed by atoms with E-state index in [-0.39, 0.29) is 0 Å². The zero-order valence-corrected chi connectivity index (χ0v) is 10.8. The quantitative estimate of drug-likeness (QED) is 0.872. The van der Waals surface area contributed by atoms with E-state index in [1.54, 1.807) is 4.68 Å². The van der Waals surface area contributed by atoms with Gasteiger partial charge in [-0.1, -0.05) is 24.3 Å². The Morgan fingerprint density at radius 1 is 1.17 bits per heavy atom. The van der Waals surface area contributed by atoms with Crippen LogP contribution in [0.3, 0.4) is 0 Å². The van der Waals surface area contributed by atoms with Crippen molar-refractivity contribution in [1.82, 2.24) is 14.7 Å². The SMILES string of the molecule is CN1CC(c2ccc(-c3cc(N)n(C)n3)cc2)C1. The fourth-order valence-corrected chi connectivity index (χ4v) is 2.46. The van der Waals surface area contributed by atoms with Crippen molar-refractivity contribution in [2.45, 2.75) is 5.92 Å². The van der Waals surface area contributed by atoms with Crippen LogP contribution in [0.5, 0.6) is 0 Å². The molecule has 4 nitrogen and oxygen atoms in total. The highest BCUT2D eigenvalue weighted by atomic mass is 15.3. The van der Waals surface area contributed by atoms with E-state index in [9.17, 15) is 0 Å². The first-order chi connectivity index (χ1) is 8.63. The molecule has 1 aliphatic rings. The van der Waals surface area contributed by atoms with E-state index in [1.165, 1.54) is 5.56 Å². The predicted molar refractivity (Wildman–Crippen MR) is 73.3 cm³/mol. The highest BCUT2D eigenvalue weighted by Gasteiger charge is 2.24. The lowest BCUT2D eigenvalue weighted by atomic mass is 9.91. The number of hydrogen-bond donors (Lipinski definition) is 1. The minimum atomic E-state index is 0.690. The van der Waals surface area contributed by atoms with Crippen LogP contribution in [0.15, 0.2) is 30.3 Å². The van der Waals surface area contributed by atoms with Gasteiger partial charge in [0.2, 0.25) is 0 Å². The maximum atomic E-state index is 5.80. The molecule has 4 heteroatoms. The lowest BCUT2D eigenvalue weighted by molar-refractivity contribution is 0.190. The molecule has 1 fully saturated rings. The van der Waals surface area contributed by atoms with Crippen LogP contribution in [0.2, 0.25) is 0 Å². The fraction of sp³-hybridized carbons (Fsp3) is 0.357. The maximum absolute atomic E-state index is 5.80. The Bertz CT molecular complexity index is 530. The smallest absolute Gasteiger partial charge is 0.121 e. The number of hydrogen-bond acceptors (Lipinski definition) is 3. The summed E-state index contributed by atoms with van der Waals surface area (Å²) in [5.74, 6) is 1.38. The Labute approximate surface area is 107 Å². The summed E-state index contributed by atoms with van der Waals surface area (Å²) in [6.45, 7) is 2.33. The van der Waals surface area contributed by atoms with E-state index >= 15 is 0 Å². The van der Waals surface area contributed by atoms with Gasteiger partial charge in [-0.25, -0.2) is 0 Å². The van der Waals surface area contributed by atoms with E-state index in [4.69, 9.17) is 5.73 Å². The molecular formula is C14H18N4. The normalized spacial score (nSPS) is 16.8. The molecule has 0 aliphatic carbocycles. The van der Waals surface area contributed by atoms with Gasteiger partial charge in [0.05, 0.1) is 5.69 Å². The van der Waals surface area contributed by atoms with Gasteiger partial charge in [0.25, 0.3) is 0 Å². The minimum absolute atomic E-state index is 0.690. The summed E-state index contributed by atoms with van der Waals surface area (Å²) >= 11 is 0. The second-order valence-electron chi connectivity index (χ2n) is 5.12. The van der Waals surface area contributed by atoms with Crippen LogP contribution in [0, 0.1) is 0 Å². The number of likely N-dealkylation sites (tertiary alicyclic amines) is 1. The number of aromatic nitrogens is 2. The predicted octanol–water partition coefficient (Wildman–Crippen LogP) is 1.70. The second kappa shape index (κ2) is 4.14. The standard InChI is InChI=1S/C14H18N4/c1-17-8-12(9-17)10-3-5-11(6-4-10)13-7-14(15)18(2)16-13/h3-7,12H,8-9,15H2,1-2H3. The maximum Gasteiger partial charge on any atom is 0.121 e. The van der Waals surface area contributed by atoms with Gasteiger partial charge in [0.1, 0.15) is 5.82 Å². The third kappa shape index (κ3) is 1.88. The van der Waals surface area contributed by atoms with Gasteiger partial charge in [0.15, 0.2) is 0 Å². The van der Waals surface area contributed by atoms with Crippen molar-refractivity contribution < 1.29 is 0 Å². The molecule has 94 valence electrons. The highest BCUT2D eigenvalue weighted by molar-refractivity contribution is 5.62. The molecule has 0 saturated carbocycles. The average Bonchev–Trinajstić information content (AvgIpc) is 2.66. The van der Waals surface area contributed by atoms with Crippen molar-refractivity contribution in [1.29, 1.82) is 0 Å². The van der Waals surface area contributed by atoms with E-state index in [1.807, 2.05) is 13.1 Å². The van der Waals surface area contributed by atoms with Gasteiger partial charge >= 0.3 is 0 Å². The zero-order valence-electron chi connectivity index (χ0n) is 10.8. The first kappa shape index (κ1) is 11.3. The number of nitrogens with zero attached hydrogens (tertiary/aromatic N) is 3. The minimum Gasteiger partial charge on any atom is -0.384 e. The Balaban J connectivity index is 1.82. The Hall–Kier alpha value is -1.81. The molecule has 0 unspecified atom stereocenters. The van der Waals surface area contributed by atoms with E-state index in [2.05, 4.69) is 41.3 Å². The number of nitrogens with two attached hydrogens (primary N) is 1. The lowest BCUT2D eigenvalue weighted by Crippen LogP contribution is -2.41. The molecule has 0 radical (unpaired) electrons. The van der Waals surface area contributed by atoms with Crippen LogP contribution < -0.4 is 5.73 Å². The van der Waals surface area contributed by atoms with Crippen molar-refractivity contribution in [2.75, 3.05) is 25.9 Å².